The van der Waals surface area contributed by atoms with E-state index in [-0.39, 0.29) is 6.10 Å². The highest BCUT2D eigenvalue weighted by Gasteiger charge is 2.70. The molecule has 0 radical (unpaired) electrons. The maximum absolute atomic E-state index is 10.5. The summed E-state index contributed by atoms with van der Waals surface area (Å²) in [6, 6.07) is 18.5. The van der Waals surface area contributed by atoms with Crippen LogP contribution in [-0.2, 0) is 10.3 Å². The van der Waals surface area contributed by atoms with E-state index in [1.165, 1.54) is 16.3 Å². The molecule has 2 N–H and O–H groups in total. The lowest BCUT2D eigenvalue weighted by molar-refractivity contribution is -0.000531. The largest absolute Gasteiger partial charge is 0.387 e. The second-order valence-electron chi connectivity index (χ2n) is 6.69. The van der Waals surface area contributed by atoms with Crippen LogP contribution in [0, 0.1) is 0 Å². The zero-order chi connectivity index (χ0) is 15.3. The molecule has 1 heterocycles. The Balaban J connectivity index is 1.81. The van der Waals surface area contributed by atoms with Crippen molar-refractivity contribution in [1.82, 2.24) is 0 Å². The Morgan fingerprint density at radius 1 is 0.913 bits per heavy atom. The lowest BCUT2D eigenvalue weighted by Crippen LogP contribution is -2.34. The molecule has 2 aliphatic carbocycles. The number of aliphatic hydroxyl groups is 2. The van der Waals surface area contributed by atoms with Gasteiger partial charge in [0.2, 0.25) is 0 Å². The number of epoxide rings is 1. The summed E-state index contributed by atoms with van der Waals surface area (Å²) in [5.41, 5.74) is 4.71. The summed E-state index contributed by atoms with van der Waals surface area (Å²) in [6.45, 7) is 0. The van der Waals surface area contributed by atoms with Crippen molar-refractivity contribution in [1.29, 1.82) is 0 Å². The van der Waals surface area contributed by atoms with E-state index in [9.17, 15) is 10.2 Å². The topological polar surface area (TPSA) is 53.0 Å². The monoisotopic (exact) mass is 302 g/mol. The molecule has 1 saturated heterocycles. The molecule has 3 aliphatic rings. The number of hydrogen-bond donors (Lipinski definition) is 2. The molecule has 0 amide bonds. The summed E-state index contributed by atoms with van der Waals surface area (Å²) < 4.78 is 6.04. The average Bonchev–Trinajstić information content (AvgIpc) is 3.28. The van der Waals surface area contributed by atoms with Gasteiger partial charge < -0.3 is 14.9 Å². The smallest absolute Gasteiger partial charge is 0.149 e. The fourth-order valence-corrected chi connectivity index (χ4v) is 4.69. The van der Waals surface area contributed by atoms with E-state index in [1.54, 1.807) is 0 Å². The number of ether oxygens (including phenoxy) is 1. The van der Waals surface area contributed by atoms with Crippen molar-refractivity contribution in [3.63, 3.8) is 0 Å². The van der Waals surface area contributed by atoms with Gasteiger partial charge in [0.05, 0.1) is 0 Å². The molecule has 0 aromatic heterocycles. The van der Waals surface area contributed by atoms with Gasteiger partial charge in [0.1, 0.15) is 23.9 Å². The van der Waals surface area contributed by atoms with E-state index in [1.807, 2.05) is 24.3 Å². The van der Waals surface area contributed by atoms with Crippen molar-refractivity contribution in [3.05, 3.63) is 71.3 Å². The molecule has 112 valence electrons. The number of fused-ring (bicyclic) bond motifs is 4. The number of hydrogen-bond acceptors (Lipinski definition) is 3. The van der Waals surface area contributed by atoms with Crippen LogP contribution in [0.15, 0.2) is 54.6 Å². The van der Waals surface area contributed by atoms with Crippen LogP contribution in [0.25, 0.3) is 21.9 Å². The lowest BCUT2D eigenvalue weighted by Gasteiger charge is -2.26. The Labute approximate surface area is 132 Å². The van der Waals surface area contributed by atoms with Gasteiger partial charge in [-0.15, -0.1) is 0 Å². The van der Waals surface area contributed by atoms with E-state index in [4.69, 9.17) is 4.74 Å². The molecule has 23 heavy (non-hydrogen) atoms. The van der Waals surface area contributed by atoms with Crippen LogP contribution < -0.4 is 0 Å². The van der Waals surface area contributed by atoms with Gasteiger partial charge in [-0.3, -0.25) is 0 Å². The van der Waals surface area contributed by atoms with Crippen molar-refractivity contribution < 1.29 is 14.9 Å². The van der Waals surface area contributed by atoms with Crippen LogP contribution in [0.2, 0.25) is 0 Å². The Morgan fingerprint density at radius 3 is 2.70 bits per heavy atom. The van der Waals surface area contributed by atoms with Crippen LogP contribution in [-0.4, -0.2) is 22.4 Å². The third kappa shape index (κ3) is 1.18. The number of benzene rings is 3. The SMILES string of the molecule is O[C@H]1[C@H](O)c2cccc3c2[C@@]2(O[C@H]12)c1ccc2ccccc2c1-3. The molecule has 3 heteroatoms. The third-order valence-electron chi connectivity index (χ3n) is 5.68. The highest BCUT2D eigenvalue weighted by atomic mass is 16.6. The minimum Gasteiger partial charge on any atom is -0.387 e. The van der Waals surface area contributed by atoms with Crippen molar-refractivity contribution in [2.45, 2.75) is 23.9 Å². The minimum absolute atomic E-state index is 0.353. The van der Waals surface area contributed by atoms with Gasteiger partial charge in [-0.1, -0.05) is 54.6 Å². The average molecular weight is 302 g/mol. The third-order valence-corrected chi connectivity index (χ3v) is 5.68. The summed E-state index contributed by atoms with van der Waals surface area (Å²) in [4.78, 5) is 0. The molecule has 3 aromatic carbocycles. The predicted octanol–water partition coefficient (Wildman–Crippen LogP) is 2.87. The first-order valence-electron chi connectivity index (χ1n) is 7.93. The molecule has 6 rings (SSSR count). The van der Waals surface area contributed by atoms with Crippen LogP contribution in [0.5, 0.6) is 0 Å². The Kier molecular flexibility index (Phi) is 1.94. The molecule has 0 unspecified atom stereocenters. The summed E-state index contributed by atoms with van der Waals surface area (Å²) in [6.07, 6.45) is -2.12. The zero-order valence-electron chi connectivity index (χ0n) is 12.2. The Bertz CT molecular complexity index is 1010. The van der Waals surface area contributed by atoms with Gasteiger partial charge in [-0.25, -0.2) is 0 Å². The van der Waals surface area contributed by atoms with Gasteiger partial charge in [0.15, 0.2) is 0 Å². The fraction of sp³-hybridized carbons (Fsp3) is 0.200. The van der Waals surface area contributed by atoms with E-state index in [0.29, 0.717) is 0 Å². The normalized spacial score (nSPS) is 32.3. The summed E-state index contributed by atoms with van der Waals surface area (Å²) in [5, 5.41) is 23.3. The van der Waals surface area contributed by atoms with Crippen LogP contribution in [0.3, 0.4) is 0 Å². The lowest BCUT2D eigenvalue weighted by atomic mass is 9.79. The first-order valence-corrected chi connectivity index (χ1v) is 7.93. The quantitative estimate of drug-likeness (QED) is 0.628. The maximum Gasteiger partial charge on any atom is 0.149 e. The van der Waals surface area contributed by atoms with Crippen molar-refractivity contribution in [2.75, 3.05) is 0 Å². The molecule has 0 bridgehead atoms. The van der Waals surface area contributed by atoms with E-state index >= 15 is 0 Å². The van der Waals surface area contributed by atoms with Crippen molar-refractivity contribution in [3.8, 4) is 11.1 Å². The Hall–Kier alpha value is -2.20. The van der Waals surface area contributed by atoms with Crippen LogP contribution >= 0.6 is 0 Å². The van der Waals surface area contributed by atoms with Gasteiger partial charge in [-0.05, 0) is 33.0 Å². The second-order valence-corrected chi connectivity index (χ2v) is 6.69. The van der Waals surface area contributed by atoms with E-state index < -0.39 is 17.8 Å². The van der Waals surface area contributed by atoms with Crippen molar-refractivity contribution in [2.24, 2.45) is 0 Å². The van der Waals surface area contributed by atoms with Gasteiger partial charge in [0, 0.05) is 5.56 Å². The molecule has 3 aromatic rings. The van der Waals surface area contributed by atoms with Gasteiger partial charge >= 0.3 is 0 Å². The number of aliphatic hydroxyl groups excluding tert-OH is 2. The molecule has 4 atom stereocenters. The molecule has 0 saturated carbocycles. The van der Waals surface area contributed by atoms with Gasteiger partial charge in [0.25, 0.3) is 0 Å². The highest BCUT2D eigenvalue weighted by Crippen LogP contribution is 2.67. The predicted molar refractivity (Wildman–Crippen MR) is 86.0 cm³/mol. The highest BCUT2D eigenvalue weighted by molar-refractivity contribution is 6.03. The standard InChI is InChI=1S/C20H14O3/c21-17-13-7-3-6-12-15-11-5-2-1-4-10(11)8-9-14(15)20(16(12)13)19(23-20)18(17)22/h1-9,17-19,21-22H/t17-,18+,19-,20+/m1/s1. The first-order chi connectivity index (χ1) is 11.2. The summed E-state index contributed by atoms with van der Waals surface area (Å²) in [7, 11) is 0. The molecule has 1 spiro atoms. The minimum atomic E-state index is -0.883. The van der Waals surface area contributed by atoms with Gasteiger partial charge in [-0.2, -0.15) is 0 Å². The van der Waals surface area contributed by atoms with Crippen molar-refractivity contribution >= 4 is 10.8 Å². The summed E-state index contributed by atoms with van der Waals surface area (Å²) >= 11 is 0. The Morgan fingerprint density at radius 2 is 1.78 bits per heavy atom. The second kappa shape index (κ2) is 3.65. The van der Waals surface area contributed by atoms with Crippen LogP contribution in [0.4, 0.5) is 0 Å². The molecule has 1 fully saturated rings. The molecular formula is C20H14O3. The first kappa shape index (κ1) is 12.3. The van der Waals surface area contributed by atoms with Crippen LogP contribution in [0.1, 0.15) is 22.8 Å². The fourth-order valence-electron chi connectivity index (χ4n) is 4.69. The van der Waals surface area contributed by atoms with E-state index in [2.05, 4.69) is 30.3 Å². The molecular weight excluding hydrogens is 288 g/mol. The zero-order valence-corrected chi connectivity index (χ0v) is 12.2. The maximum atomic E-state index is 10.5. The van der Waals surface area contributed by atoms with E-state index in [0.717, 1.165) is 22.3 Å². The molecule has 3 nitrogen and oxygen atoms in total. The summed E-state index contributed by atoms with van der Waals surface area (Å²) in [5.74, 6) is 0. The molecule has 1 aliphatic heterocycles. The number of rotatable bonds is 0.